The lowest BCUT2D eigenvalue weighted by Crippen LogP contribution is -2.54. The number of aryl methyl sites for hydroxylation is 1. The van der Waals surface area contributed by atoms with Crippen molar-refractivity contribution in [1.82, 2.24) is 4.90 Å². The van der Waals surface area contributed by atoms with Crippen LogP contribution in [0.25, 0.3) is 0 Å². The van der Waals surface area contributed by atoms with Crippen LogP contribution in [0.2, 0.25) is 5.02 Å². The van der Waals surface area contributed by atoms with E-state index >= 15 is 0 Å². The molecular weight excluding hydrogens is 378 g/mol. The third-order valence-electron chi connectivity index (χ3n) is 7.99. The second kappa shape index (κ2) is 6.65. The summed E-state index contributed by atoms with van der Waals surface area (Å²) in [6, 6.07) is 16.1. The fourth-order valence-corrected chi connectivity index (χ4v) is 6.41. The number of halogens is 1. The number of anilines is 2. The van der Waals surface area contributed by atoms with Crippen LogP contribution in [0, 0.1) is 0 Å². The first-order chi connectivity index (χ1) is 14.1. The number of rotatable bonds is 4. The van der Waals surface area contributed by atoms with Gasteiger partial charge in [0.05, 0.1) is 16.9 Å². The third-order valence-corrected chi connectivity index (χ3v) is 8.22. The number of benzene rings is 2. The molecule has 0 bridgehead atoms. The fourth-order valence-electron chi connectivity index (χ4n) is 6.20. The largest absolute Gasteiger partial charge is 0.365 e. The van der Waals surface area contributed by atoms with Crippen molar-refractivity contribution in [2.24, 2.45) is 0 Å². The lowest BCUT2D eigenvalue weighted by atomic mass is 9.89. The Labute approximate surface area is 179 Å². The number of hydrogen-bond acceptors (Lipinski definition) is 3. The van der Waals surface area contributed by atoms with E-state index in [2.05, 4.69) is 58.1 Å². The molecule has 6 rings (SSSR count). The molecule has 1 saturated carbocycles. The number of likely N-dealkylation sites (N-methyl/N-ethyl adjacent to an activating group) is 1. The molecule has 1 saturated heterocycles. The van der Waals surface area contributed by atoms with Crippen LogP contribution in [0.3, 0.4) is 0 Å². The summed E-state index contributed by atoms with van der Waals surface area (Å²) < 4.78 is 0. The fraction of sp³-hybridized carbons (Fsp3) is 0.520. The molecule has 3 nitrogen and oxygen atoms in total. The molecule has 2 aromatic rings. The first-order valence-corrected chi connectivity index (χ1v) is 11.6. The van der Waals surface area contributed by atoms with Gasteiger partial charge in [0.2, 0.25) is 0 Å². The summed E-state index contributed by atoms with van der Waals surface area (Å²) in [7, 11) is 2.32. The molecule has 4 heteroatoms. The summed E-state index contributed by atoms with van der Waals surface area (Å²) in [5.74, 6) is 0.673. The van der Waals surface area contributed by atoms with Gasteiger partial charge in [0.1, 0.15) is 0 Å². The molecule has 4 aliphatic rings. The molecule has 3 aliphatic heterocycles. The average Bonchev–Trinajstić information content (AvgIpc) is 3.44. The SMILES string of the molecule is CN1c2cccc3c2N(CC12CC2)[C@H]1CCN(CCCc2cccc(Cl)c2)C[C@@H]31. The Hall–Kier alpha value is -1.71. The molecule has 2 atom stereocenters. The predicted octanol–water partition coefficient (Wildman–Crippen LogP) is 4.93. The lowest BCUT2D eigenvalue weighted by molar-refractivity contribution is 0.190. The number of nitrogens with zero attached hydrogens (tertiary/aromatic N) is 3. The Morgan fingerprint density at radius 1 is 1.14 bits per heavy atom. The molecule has 3 heterocycles. The molecule has 1 aliphatic carbocycles. The van der Waals surface area contributed by atoms with Crippen LogP contribution in [-0.2, 0) is 6.42 Å². The van der Waals surface area contributed by atoms with Gasteiger partial charge >= 0.3 is 0 Å². The third kappa shape index (κ3) is 2.89. The van der Waals surface area contributed by atoms with Crippen LogP contribution in [0.5, 0.6) is 0 Å². The van der Waals surface area contributed by atoms with Crippen LogP contribution >= 0.6 is 11.6 Å². The number of para-hydroxylation sites is 1. The maximum Gasteiger partial charge on any atom is 0.0644 e. The maximum absolute atomic E-state index is 6.14. The van der Waals surface area contributed by atoms with Crippen molar-refractivity contribution in [2.75, 3.05) is 43.0 Å². The Bertz CT molecular complexity index is 937. The highest BCUT2D eigenvalue weighted by Crippen LogP contribution is 2.57. The highest BCUT2D eigenvalue weighted by molar-refractivity contribution is 6.30. The molecule has 0 N–H and O–H groups in total. The van der Waals surface area contributed by atoms with Gasteiger partial charge in [-0.25, -0.2) is 0 Å². The van der Waals surface area contributed by atoms with Crippen LogP contribution in [0.4, 0.5) is 11.4 Å². The van der Waals surface area contributed by atoms with E-state index in [4.69, 9.17) is 11.6 Å². The van der Waals surface area contributed by atoms with Crippen molar-refractivity contribution < 1.29 is 0 Å². The minimum atomic E-state index is 0.425. The minimum absolute atomic E-state index is 0.425. The smallest absolute Gasteiger partial charge is 0.0644 e. The first kappa shape index (κ1) is 18.1. The summed E-state index contributed by atoms with van der Waals surface area (Å²) >= 11 is 6.14. The van der Waals surface area contributed by atoms with Crippen LogP contribution in [0.1, 0.15) is 42.7 Å². The van der Waals surface area contributed by atoms with Crippen LogP contribution in [0.15, 0.2) is 42.5 Å². The van der Waals surface area contributed by atoms with E-state index in [9.17, 15) is 0 Å². The van der Waals surface area contributed by atoms with Crippen molar-refractivity contribution >= 4 is 23.0 Å². The lowest BCUT2D eigenvalue weighted by Gasteiger charge is -2.46. The van der Waals surface area contributed by atoms with E-state index in [1.165, 1.54) is 63.1 Å². The Morgan fingerprint density at radius 2 is 2.00 bits per heavy atom. The number of likely N-dealkylation sites (tertiary alicyclic amines) is 1. The van der Waals surface area contributed by atoms with Gasteiger partial charge in [-0.15, -0.1) is 0 Å². The number of piperidine rings is 1. The van der Waals surface area contributed by atoms with E-state index in [0.29, 0.717) is 17.5 Å². The minimum Gasteiger partial charge on any atom is -0.365 e. The molecule has 0 amide bonds. The quantitative estimate of drug-likeness (QED) is 0.711. The van der Waals surface area contributed by atoms with E-state index < -0.39 is 0 Å². The first-order valence-electron chi connectivity index (χ1n) is 11.2. The van der Waals surface area contributed by atoms with Crippen molar-refractivity contribution in [3.05, 3.63) is 58.6 Å². The zero-order valence-corrected chi connectivity index (χ0v) is 18.0. The molecular formula is C25H30ClN3. The Kier molecular flexibility index (Phi) is 4.15. The maximum atomic E-state index is 6.14. The zero-order valence-electron chi connectivity index (χ0n) is 17.3. The van der Waals surface area contributed by atoms with Gasteiger partial charge in [0.25, 0.3) is 0 Å². The van der Waals surface area contributed by atoms with Gasteiger partial charge in [-0.2, -0.15) is 0 Å². The van der Waals surface area contributed by atoms with Crippen LogP contribution in [-0.4, -0.2) is 49.7 Å². The van der Waals surface area contributed by atoms with Gasteiger partial charge in [0, 0.05) is 43.7 Å². The molecule has 0 radical (unpaired) electrons. The Balaban J connectivity index is 1.17. The van der Waals surface area contributed by atoms with Gasteiger partial charge in [0.15, 0.2) is 0 Å². The summed E-state index contributed by atoms with van der Waals surface area (Å²) in [6.45, 7) is 4.88. The monoisotopic (exact) mass is 407 g/mol. The summed E-state index contributed by atoms with van der Waals surface area (Å²) in [4.78, 5) is 8.12. The van der Waals surface area contributed by atoms with Gasteiger partial charge in [-0.1, -0.05) is 35.9 Å². The number of fused-ring (bicyclic) bond motifs is 3. The Morgan fingerprint density at radius 3 is 2.83 bits per heavy atom. The zero-order chi connectivity index (χ0) is 19.6. The highest BCUT2D eigenvalue weighted by atomic mass is 35.5. The van der Waals surface area contributed by atoms with Crippen molar-refractivity contribution in [1.29, 1.82) is 0 Å². The van der Waals surface area contributed by atoms with E-state index in [-0.39, 0.29) is 0 Å². The number of hydrogen-bond donors (Lipinski definition) is 0. The van der Waals surface area contributed by atoms with E-state index in [0.717, 1.165) is 11.4 Å². The van der Waals surface area contributed by atoms with Crippen LogP contribution < -0.4 is 9.80 Å². The topological polar surface area (TPSA) is 9.72 Å². The second-order valence-corrected chi connectivity index (χ2v) is 10.1. The molecule has 2 aromatic carbocycles. The molecule has 29 heavy (non-hydrogen) atoms. The molecule has 0 unspecified atom stereocenters. The van der Waals surface area contributed by atoms with Gasteiger partial charge in [-0.05, 0) is 68.0 Å². The van der Waals surface area contributed by atoms with Crippen molar-refractivity contribution in [2.45, 2.75) is 49.6 Å². The summed E-state index contributed by atoms with van der Waals surface area (Å²) in [5, 5.41) is 0.852. The molecule has 0 aromatic heterocycles. The van der Waals surface area contributed by atoms with Crippen molar-refractivity contribution in [3.8, 4) is 0 Å². The molecule has 152 valence electrons. The highest BCUT2D eigenvalue weighted by Gasteiger charge is 2.56. The predicted molar refractivity (Wildman–Crippen MR) is 122 cm³/mol. The van der Waals surface area contributed by atoms with E-state index in [1.807, 2.05) is 6.07 Å². The second-order valence-electron chi connectivity index (χ2n) is 9.62. The van der Waals surface area contributed by atoms with E-state index in [1.54, 1.807) is 11.3 Å². The standard InChI is InChI=1S/C25H30ClN3/c1-27-23-9-3-8-20-21-16-28(13-4-6-18-5-2-7-19(26)15-18)14-10-22(21)29(24(20)23)17-25(27)11-12-25/h2-3,5,7-9,15,21-22H,4,6,10-14,16-17H2,1H3/t21-,22-/m0/s1. The molecule has 2 fully saturated rings. The normalized spacial score (nSPS) is 26.6. The van der Waals surface area contributed by atoms with Crippen molar-refractivity contribution in [3.63, 3.8) is 0 Å². The van der Waals surface area contributed by atoms with Gasteiger partial charge < -0.3 is 14.7 Å². The summed E-state index contributed by atoms with van der Waals surface area (Å²) in [5.41, 5.74) is 6.43. The van der Waals surface area contributed by atoms with Gasteiger partial charge in [-0.3, -0.25) is 0 Å². The molecule has 1 spiro atoms. The average molecular weight is 408 g/mol. The summed E-state index contributed by atoms with van der Waals surface area (Å²) in [6.07, 6.45) is 6.34.